The van der Waals surface area contributed by atoms with Crippen LogP contribution in [0.1, 0.15) is 10.4 Å². The molecule has 0 aromatic heterocycles. The fraction of sp³-hybridized carbons (Fsp3) is 0.133. The molecule has 0 radical (unpaired) electrons. The van der Waals surface area contributed by atoms with Gasteiger partial charge in [0.1, 0.15) is 24.0 Å². The highest BCUT2D eigenvalue weighted by Crippen LogP contribution is 2.15. The normalized spacial score (nSPS) is 10.2. The molecule has 2 aromatic carbocycles. The van der Waals surface area contributed by atoms with Crippen LogP contribution in [-0.4, -0.2) is 19.1 Å². The number of amides is 1. The van der Waals surface area contributed by atoms with Crippen LogP contribution in [0.2, 0.25) is 5.02 Å². The fourth-order valence-corrected chi connectivity index (χ4v) is 1.78. The van der Waals surface area contributed by atoms with Gasteiger partial charge >= 0.3 is 0 Å². The maximum absolute atomic E-state index is 13.0. The van der Waals surface area contributed by atoms with Crippen molar-refractivity contribution < 1.29 is 18.3 Å². The van der Waals surface area contributed by atoms with Crippen molar-refractivity contribution in [1.29, 1.82) is 0 Å². The van der Waals surface area contributed by atoms with Crippen molar-refractivity contribution in [2.24, 2.45) is 0 Å². The van der Waals surface area contributed by atoms with E-state index in [1.54, 1.807) is 24.3 Å². The number of ether oxygens (including phenoxy) is 1. The highest BCUT2D eigenvalue weighted by atomic mass is 35.5. The van der Waals surface area contributed by atoms with Crippen molar-refractivity contribution in [1.82, 2.24) is 5.32 Å². The average molecular weight is 312 g/mol. The largest absolute Gasteiger partial charge is 0.492 e. The summed E-state index contributed by atoms with van der Waals surface area (Å²) in [5, 5.41) is 3.11. The molecule has 0 atom stereocenters. The van der Waals surface area contributed by atoms with E-state index in [2.05, 4.69) is 5.32 Å². The second kappa shape index (κ2) is 7.04. The van der Waals surface area contributed by atoms with Crippen LogP contribution < -0.4 is 10.1 Å². The molecule has 0 fully saturated rings. The molecule has 0 aliphatic carbocycles. The average Bonchev–Trinajstić information content (AvgIpc) is 2.44. The van der Waals surface area contributed by atoms with Gasteiger partial charge in [0, 0.05) is 16.7 Å². The highest BCUT2D eigenvalue weighted by molar-refractivity contribution is 6.30. The molecule has 0 bridgehead atoms. The van der Waals surface area contributed by atoms with E-state index in [1.165, 1.54) is 0 Å². The number of rotatable bonds is 5. The van der Waals surface area contributed by atoms with Gasteiger partial charge in [-0.05, 0) is 36.4 Å². The summed E-state index contributed by atoms with van der Waals surface area (Å²) < 4.78 is 31.3. The number of benzene rings is 2. The minimum absolute atomic E-state index is 0.0704. The zero-order valence-corrected chi connectivity index (χ0v) is 11.7. The van der Waals surface area contributed by atoms with Crippen LogP contribution in [-0.2, 0) is 0 Å². The van der Waals surface area contributed by atoms with Crippen molar-refractivity contribution in [3.8, 4) is 5.75 Å². The third-order valence-corrected chi connectivity index (χ3v) is 2.85. The SMILES string of the molecule is O=C(NCCOc1ccc(Cl)cc1)c1cc(F)cc(F)c1. The summed E-state index contributed by atoms with van der Waals surface area (Å²) in [6.45, 7) is 0.435. The Labute approximate surface area is 125 Å². The van der Waals surface area contributed by atoms with Gasteiger partial charge in [0.25, 0.3) is 5.91 Å². The highest BCUT2D eigenvalue weighted by Gasteiger charge is 2.08. The van der Waals surface area contributed by atoms with Crippen LogP contribution in [0.4, 0.5) is 8.78 Å². The van der Waals surface area contributed by atoms with E-state index < -0.39 is 17.5 Å². The molecule has 0 aliphatic rings. The monoisotopic (exact) mass is 311 g/mol. The van der Waals surface area contributed by atoms with E-state index in [4.69, 9.17) is 16.3 Å². The van der Waals surface area contributed by atoms with Gasteiger partial charge in [0.05, 0.1) is 6.54 Å². The molecule has 1 amide bonds. The lowest BCUT2D eigenvalue weighted by molar-refractivity contribution is 0.0946. The Morgan fingerprint density at radius 2 is 1.71 bits per heavy atom. The summed E-state index contributed by atoms with van der Waals surface area (Å²) in [7, 11) is 0. The second-order valence-electron chi connectivity index (χ2n) is 4.22. The van der Waals surface area contributed by atoms with Crippen LogP contribution in [0.5, 0.6) is 5.75 Å². The van der Waals surface area contributed by atoms with Crippen molar-refractivity contribution in [2.45, 2.75) is 0 Å². The Balaban J connectivity index is 1.80. The second-order valence-corrected chi connectivity index (χ2v) is 4.65. The summed E-state index contributed by atoms with van der Waals surface area (Å²) in [5.41, 5.74) is -0.0704. The summed E-state index contributed by atoms with van der Waals surface area (Å²) in [5.74, 6) is -1.53. The van der Waals surface area contributed by atoms with Crippen LogP contribution in [0.3, 0.4) is 0 Å². The Bertz CT molecular complexity index is 612. The van der Waals surface area contributed by atoms with Gasteiger partial charge in [-0.2, -0.15) is 0 Å². The first kappa shape index (κ1) is 15.3. The van der Waals surface area contributed by atoms with Crippen LogP contribution in [0, 0.1) is 11.6 Å². The Morgan fingerprint density at radius 1 is 1.10 bits per heavy atom. The number of halogens is 3. The quantitative estimate of drug-likeness (QED) is 0.859. The van der Waals surface area contributed by atoms with Crippen molar-refractivity contribution in [3.63, 3.8) is 0 Å². The number of carbonyl (C=O) groups is 1. The Morgan fingerprint density at radius 3 is 2.33 bits per heavy atom. The standard InChI is InChI=1S/C15H12ClF2NO2/c16-11-1-3-14(4-2-11)21-6-5-19-15(20)10-7-12(17)9-13(18)8-10/h1-4,7-9H,5-6H2,(H,19,20). The summed E-state index contributed by atoms with van der Waals surface area (Å²) >= 11 is 5.73. The summed E-state index contributed by atoms with van der Waals surface area (Å²) in [4.78, 5) is 11.7. The van der Waals surface area contributed by atoms with E-state index in [0.717, 1.165) is 12.1 Å². The number of hydrogen-bond acceptors (Lipinski definition) is 2. The van der Waals surface area contributed by atoms with Crippen molar-refractivity contribution >= 4 is 17.5 Å². The molecule has 0 aliphatic heterocycles. The van der Waals surface area contributed by atoms with E-state index in [1.807, 2.05) is 0 Å². The van der Waals surface area contributed by atoms with Crippen LogP contribution in [0.15, 0.2) is 42.5 Å². The van der Waals surface area contributed by atoms with Gasteiger partial charge < -0.3 is 10.1 Å². The van der Waals surface area contributed by atoms with Crippen LogP contribution in [0.25, 0.3) is 0 Å². The molecule has 0 heterocycles. The maximum atomic E-state index is 13.0. The van der Waals surface area contributed by atoms with Crippen molar-refractivity contribution in [3.05, 3.63) is 64.7 Å². The molecule has 0 saturated carbocycles. The lowest BCUT2D eigenvalue weighted by Gasteiger charge is -2.08. The number of hydrogen-bond donors (Lipinski definition) is 1. The van der Waals surface area contributed by atoms with Gasteiger partial charge in [0.15, 0.2) is 0 Å². The zero-order valence-electron chi connectivity index (χ0n) is 10.9. The van der Waals surface area contributed by atoms with Gasteiger partial charge in [-0.25, -0.2) is 8.78 Å². The predicted octanol–water partition coefficient (Wildman–Crippen LogP) is 3.43. The molecule has 6 heteroatoms. The lowest BCUT2D eigenvalue weighted by Crippen LogP contribution is -2.28. The Hall–Kier alpha value is -2.14. The van der Waals surface area contributed by atoms with Gasteiger partial charge in [-0.3, -0.25) is 4.79 Å². The maximum Gasteiger partial charge on any atom is 0.251 e. The molecular weight excluding hydrogens is 300 g/mol. The number of carbonyl (C=O) groups excluding carboxylic acids is 1. The van der Waals surface area contributed by atoms with Gasteiger partial charge in [0.2, 0.25) is 0 Å². The first-order valence-electron chi connectivity index (χ1n) is 6.17. The van der Waals surface area contributed by atoms with E-state index in [0.29, 0.717) is 16.8 Å². The summed E-state index contributed by atoms with van der Waals surface area (Å²) in [6, 6.07) is 9.42. The topological polar surface area (TPSA) is 38.3 Å². The van der Waals surface area contributed by atoms with E-state index >= 15 is 0 Å². The smallest absolute Gasteiger partial charge is 0.251 e. The zero-order chi connectivity index (χ0) is 15.2. The van der Waals surface area contributed by atoms with E-state index in [-0.39, 0.29) is 18.7 Å². The fourth-order valence-electron chi connectivity index (χ4n) is 1.65. The molecule has 110 valence electrons. The molecular formula is C15H12ClF2NO2. The number of nitrogens with one attached hydrogen (secondary N) is 1. The molecule has 0 saturated heterocycles. The first-order valence-corrected chi connectivity index (χ1v) is 6.55. The molecule has 0 unspecified atom stereocenters. The molecule has 1 N–H and O–H groups in total. The minimum atomic E-state index is -0.794. The van der Waals surface area contributed by atoms with E-state index in [9.17, 15) is 13.6 Å². The third kappa shape index (κ3) is 4.72. The lowest BCUT2D eigenvalue weighted by atomic mass is 10.2. The molecule has 3 nitrogen and oxygen atoms in total. The molecule has 2 rings (SSSR count). The first-order chi connectivity index (χ1) is 10.0. The molecule has 21 heavy (non-hydrogen) atoms. The molecule has 2 aromatic rings. The predicted molar refractivity (Wildman–Crippen MR) is 75.6 cm³/mol. The van der Waals surface area contributed by atoms with Crippen LogP contribution >= 0.6 is 11.6 Å². The van der Waals surface area contributed by atoms with Gasteiger partial charge in [-0.15, -0.1) is 0 Å². The molecule has 0 spiro atoms. The summed E-state index contributed by atoms with van der Waals surface area (Å²) in [6.07, 6.45) is 0. The Kier molecular flexibility index (Phi) is 5.11. The van der Waals surface area contributed by atoms with Gasteiger partial charge in [-0.1, -0.05) is 11.6 Å². The third-order valence-electron chi connectivity index (χ3n) is 2.59. The minimum Gasteiger partial charge on any atom is -0.492 e. The van der Waals surface area contributed by atoms with Crippen molar-refractivity contribution in [2.75, 3.05) is 13.2 Å².